The molecular formula is C23H22ClN3O. The number of rotatable bonds is 9. The number of aryl methyl sites for hydroxylation is 2. The molecule has 0 aliphatic carbocycles. The molecule has 0 bridgehead atoms. The van der Waals surface area contributed by atoms with Gasteiger partial charge in [0.25, 0.3) is 0 Å². The minimum atomic E-state index is -0.300. The molecule has 4 nitrogen and oxygen atoms in total. The number of ether oxygens (including phenoxy) is 1. The predicted molar refractivity (Wildman–Crippen MR) is 113 cm³/mol. The Hall–Kier alpha value is -2.78. The van der Waals surface area contributed by atoms with Crippen LogP contribution in [0.4, 0.5) is 0 Å². The first-order chi connectivity index (χ1) is 13.7. The summed E-state index contributed by atoms with van der Waals surface area (Å²) in [5, 5.41) is 4.34. The fourth-order valence-corrected chi connectivity index (χ4v) is 3.10. The minimum absolute atomic E-state index is 0.243. The van der Waals surface area contributed by atoms with Crippen LogP contribution >= 0.6 is 11.6 Å². The molecule has 1 unspecified atom stereocenters. The summed E-state index contributed by atoms with van der Waals surface area (Å²) in [4.78, 5) is 2.85. The van der Waals surface area contributed by atoms with Crippen LogP contribution in [0.2, 0.25) is 5.02 Å². The molecule has 0 N–H and O–H groups in total. The molecule has 0 radical (unpaired) electrons. The fourth-order valence-electron chi connectivity index (χ4n) is 2.97. The molecule has 28 heavy (non-hydrogen) atoms. The lowest BCUT2D eigenvalue weighted by Gasteiger charge is -2.16. The summed E-state index contributed by atoms with van der Waals surface area (Å²) in [6.45, 7) is 0.695. The summed E-state index contributed by atoms with van der Waals surface area (Å²) in [5.41, 5.74) is 13.3. The zero-order valence-electron chi connectivity index (χ0n) is 15.5. The van der Waals surface area contributed by atoms with Gasteiger partial charge in [-0.25, -0.2) is 0 Å². The average molecular weight is 392 g/mol. The molecule has 0 amide bonds. The van der Waals surface area contributed by atoms with E-state index in [-0.39, 0.29) is 12.6 Å². The van der Waals surface area contributed by atoms with Crippen molar-refractivity contribution >= 4 is 11.6 Å². The minimum Gasteiger partial charge on any atom is -0.369 e. The average Bonchev–Trinajstić information content (AvgIpc) is 2.75. The second-order valence-electron chi connectivity index (χ2n) is 6.57. The predicted octanol–water partition coefficient (Wildman–Crippen LogP) is 6.69. The van der Waals surface area contributed by atoms with Gasteiger partial charge in [0.2, 0.25) is 0 Å². The largest absolute Gasteiger partial charge is 0.369 e. The summed E-state index contributed by atoms with van der Waals surface area (Å²) in [7, 11) is 0. The third kappa shape index (κ3) is 6.14. The smallest absolute Gasteiger partial charge is 0.0885 e. The van der Waals surface area contributed by atoms with Crippen LogP contribution in [0.3, 0.4) is 0 Å². The number of hydrogen-bond acceptors (Lipinski definition) is 2. The van der Waals surface area contributed by atoms with E-state index in [0.29, 0.717) is 11.6 Å². The molecule has 0 aliphatic heterocycles. The summed E-state index contributed by atoms with van der Waals surface area (Å²) in [6.07, 6.45) is 1.74. The molecule has 0 fully saturated rings. The van der Waals surface area contributed by atoms with E-state index in [1.165, 1.54) is 11.1 Å². The van der Waals surface area contributed by atoms with E-state index >= 15 is 0 Å². The molecule has 0 spiro atoms. The molecule has 0 saturated carbocycles. The van der Waals surface area contributed by atoms with Crippen molar-refractivity contribution in [3.05, 3.63) is 117 Å². The van der Waals surface area contributed by atoms with Crippen LogP contribution < -0.4 is 0 Å². The molecule has 1 atom stereocenters. The maximum atomic E-state index is 8.64. The summed E-state index contributed by atoms with van der Waals surface area (Å²) in [6, 6.07) is 26.4. The van der Waals surface area contributed by atoms with Gasteiger partial charge >= 0.3 is 0 Å². The Bertz CT molecular complexity index is 905. The van der Waals surface area contributed by atoms with Crippen molar-refractivity contribution in [2.24, 2.45) is 5.11 Å². The van der Waals surface area contributed by atoms with Crippen molar-refractivity contribution in [2.75, 3.05) is 6.54 Å². The topological polar surface area (TPSA) is 58.0 Å². The second kappa shape index (κ2) is 10.5. The molecule has 0 heterocycles. The normalized spacial score (nSPS) is 11.6. The number of azide groups is 1. The molecule has 5 heteroatoms. The Balaban J connectivity index is 1.57. The van der Waals surface area contributed by atoms with Crippen molar-refractivity contribution in [1.82, 2.24) is 0 Å². The van der Waals surface area contributed by atoms with Crippen molar-refractivity contribution in [3.63, 3.8) is 0 Å². The molecule has 142 valence electrons. The van der Waals surface area contributed by atoms with Crippen molar-refractivity contribution in [3.8, 4) is 0 Å². The Morgan fingerprint density at radius 2 is 1.43 bits per heavy atom. The van der Waals surface area contributed by atoms with Gasteiger partial charge in [-0.2, -0.15) is 0 Å². The molecule has 0 aromatic heterocycles. The van der Waals surface area contributed by atoms with Gasteiger partial charge in [0.1, 0.15) is 0 Å². The summed E-state index contributed by atoms with van der Waals surface area (Å²) < 4.78 is 6.02. The van der Waals surface area contributed by atoms with Crippen LogP contribution in [0.1, 0.15) is 28.4 Å². The molecular weight excluding hydrogens is 370 g/mol. The zero-order chi connectivity index (χ0) is 19.6. The van der Waals surface area contributed by atoms with E-state index in [4.69, 9.17) is 21.9 Å². The number of hydrogen-bond donors (Lipinski definition) is 0. The standard InChI is InChI=1S/C23H22ClN3O/c24-22-14-12-21(13-15-22)23(16-26-27-25)28-17-20-10-8-19(9-11-20)7-6-18-4-2-1-3-5-18/h1-5,8-15,23H,6-7,16-17H2. The van der Waals surface area contributed by atoms with Gasteiger partial charge in [-0.3, -0.25) is 0 Å². The van der Waals surface area contributed by atoms with Crippen LogP contribution in [0.25, 0.3) is 10.4 Å². The lowest BCUT2D eigenvalue weighted by atomic mass is 10.0. The number of benzene rings is 3. The molecule has 0 aliphatic rings. The van der Waals surface area contributed by atoms with Gasteiger partial charge in [0, 0.05) is 9.93 Å². The Kier molecular flexibility index (Phi) is 7.51. The van der Waals surface area contributed by atoms with Crippen molar-refractivity contribution in [2.45, 2.75) is 25.6 Å². The van der Waals surface area contributed by atoms with Crippen molar-refractivity contribution in [1.29, 1.82) is 0 Å². The van der Waals surface area contributed by atoms with Crippen LogP contribution in [0.5, 0.6) is 0 Å². The highest BCUT2D eigenvalue weighted by atomic mass is 35.5. The molecule has 0 saturated heterocycles. The van der Waals surface area contributed by atoms with Gasteiger partial charge in [0.05, 0.1) is 19.3 Å². The van der Waals surface area contributed by atoms with Crippen LogP contribution in [0, 0.1) is 0 Å². The third-order valence-corrected chi connectivity index (χ3v) is 4.82. The Morgan fingerprint density at radius 3 is 2.07 bits per heavy atom. The van der Waals surface area contributed by atoms with E-state index in [2.05, 4.69) is 58.6 Å². The van der Waals surface area contributed by atoms with Gasteiger partial charge in [-0.1, -0.05) is 83.4 Å². The molecule has 3 aromatic carbocycles. The Morgan fingerprint density at radius 1 is 0.821 bits per heavy atom. The number of halogens is 1. The quantitative estimate of drug-likeness (QED) is 0.227. The maximum absolute atomic E-state index is 8.64. The van der Waals surface area contributed by atoms with Gasteiger partial charge < -0.3 is 4.74 Å². The first-order valence-electron chi connectivity index (χ1n) is 9.24. The van der Waals surface area contributed by atoms with Crippen LogP contribution in [-0.4, -0.2) is 6.54 Å². The van der Waals surface area contributed by atoms with Gasteiger partial charge in [0.15, 0.2) is 0 Å². The van der Waals surface area contributed by atoms with Crippen LogP contribution in [-0.2, 0) is 24.2 Å². The van der Waals surface area contributed by atoms with Gasteiger partial charge in [-0.05, 0) is 52.8 Å². The first-order valence-corrected chi connectivity index (χ1v) is 9.62. The highest BCUT2D eigenvalue weighted by molar-refractivity contribution is 6.30. The summed E-state index contributed by atoms with van der Waals surface area (Å²) >= 11 is 5.95. The van der Waals surface area contributed by atoms with Crippen LogP contribution in [0.15, 0.2) is 84.0 Å². The van der Waals surface area contributed by atoms with E-state index in [1.54, 1.807) is 0 Å². The van der Waals surface area contributed by atoms with E-state index in [9.17, 15) is 0 Å². The molecule has 3 aromatic rings. The molecule has 3 rings (SSSR count). The zero-order valence-corrected chi connectivity index (χ0v) is 16.3. The third-order valence-electron chi connectivity index (χ3n) is 4.57. The fraction of sp³-hybridized carbons (Fsp3) is 0.217. The lowest BCUT2D eigenvalue weighted by Crippen LogP contribution is -2.08. The monoisotopic (exact) mass is 391 g/mol. The maximum Gasteiger partial charge on any atom is 0.0885 e. The first kappa shape index (κ1) is 20.0. The highest BCUT2D eigenvalue weighted by Crippen LogP contribution is 2.22. The number of nitrogens with zero attached hydrogens (tertiary/aromatic N) is 3. The summed E-state index contributed by atoms with van der Waals surface area (Å²) in [5.74, 6) is 0. The van der Waals surface area contributed by atoms with Gasteiger partial charge in [-0.15, -0.1) is 0 Å². The second-order valence-corrected chi connectivity index (χ2v) is 7.00. The highest BCUT2D eigenvalue weighted by Gasteiger charge is 2.11. The van der Waals surface area contributed by atoms with E-state index in [1.807, 2.05) is 30.3 Å². The van der Waals surface area contributed by atoms with E-state index < -0.39 is 0 Å². The van der Waals surface area contributed by atoms with E-state index in [0.717, 1.165) is 24.0 Å². The van der Waals surface area contributed by atoms with Crippen molar-refractivity contribution < 1.29 is 4.74 Å². The Labute approximate surface area is 170 Å². The lowest BCUT2D eigenvalue weighted by molar-refractivity contribution is 0.0457. The SMILES string of the molecule is [N-]=[N+]=NCC(OCc1ccc(CCc2ccccc2)cc1)c1ccc(Cl)cc1.